The second-order valence-corrected chi connectivity index (χ2v) is 8.69. The largest absolute Gasteiger partial charge is 0.355 e. The van der Waals surface area contributed by atoms with Crippen LogP contribution in [0.15, 0.2) is 39.9 Å². The van der Waals surface area contributed by atoms with Crippen LogP contribution in [-0.4, -0.2) is 13.6 Å². The van der Waals surface area contributed by atoms with E-state index in [1.807, 2.05) is 32.9 Å². The SMILES string of the molecule is Cc1cc(C)c(NS(=O)(=O)c2cc(-c3ccno3)sc2C)c(C)c1. The molecule has 0 fully saturated rings. The number of anilines is 1. The summed E-state index contributed by atoms with van der Waals surface area (Å²) in [4.78, 5) is 1.71. The number of aromatic nitrogens is 1. The summed E-state index contributed by atoms with van der Waals surface area (Å²) in [5.41, 5.74) is 3.54. The summed E-state index contributed by atoms with van der Waals surface area (Å²) in [5.74, 6) is 0.562. The summed E-state index contributed by atoms with van der Waals surface area (Å²) in [6.45, 7) is 7.58. The Morgan fingerprint density at radius 3 is 2.33 bits per heavy atom. The first-order valence-corrected chi connectivity index (χ1v) is 9.70. The smallest absolute Gasteiger partial charge is 0.263 e. The third-order valence-corrected chi connectivity index (χ3v) is 6.43. The van der Waals surface area contributed by atoms with Crippen molar-refractivity contribution in [3.63, 3.8) is 0 Å². The number of nitrogens with one attached hydrogen (secondary N) is 1. The standard InChI is InChI=1S/C17H18N2O3S2/c1-10-7-11(2)17(12(3)8-10)19-24(20,21)16-9-15(23-13(16)4)14-5-6-18-22-14/h5-9,19H,1-4H3. The quantitative estimate of drug-likeness (QED) is 0.745. The van der Waals surface area contributed by atoms with E-state index in [9.17, 15) is 8.42 Å². The molecule has 126 valence electrons. The Labute approximate surface area is 145 Å². The van der Waals surface area contributed by atoms with Crippen LogP contribution in [0.3, 0.4) is 0 Å². The molecule has 0 aliphatic carbocycles. The van der Waals surface area contributed by atoms with Crippen molar-refractivity contribution >= 4 is 27.0 Å². The topological polar surface area (TPSA) is 72.2 Å². The molecule has 0 aliphatic heterocycles. The first kappa shape index (κ1) is 16.7. The van der Waals surface area contributed by atoms with Crippen LogP contribution in [0.4, 0.5) is 5.69 Å². The van der Waals surface area contributed by atoms with Crippen LogP contribution < -0.4 is 4.72 Å². The van der Waals surface area contributed by atoms with Gasteiger partial charge in [0.1, 0.15) is 4.90 Å². The minimum atomic E-state index is -3.67. The minimum Gasteiger partial charge on any atom is -0.355 e. The van der Waals surface area contributed by atoms with Crippen molar-refractivity contribution in [2.24, 2.45) is 0 Å². The van der Waals surface area contributed by atoms with Crippen LogP contribution >= 0.6 is 11.3 Å². The van der Waals surface area contributed by atoms with Gasteiger partial charge in [-0.1, -0.05) is 22.9 Å². The van der Waals surface area contributed by atoms with Crippen molar-refractivity contribution < 1.29 is 12.9 Å². The van der Waals surface area contributed by atoms with Crippen molar-refractivity contribution in [2.75, 3.05) is 4.72 Å². The molecule has 0 bridgehead atoms. The van der Waals surface area contributed by atoms with Crippen LogP contribution in [0.25, 0.3) is 10.6 Å². The van der Waals surface area contributed by atoms with Gasteiger partial charge in [0, 0.05) is 10.9 Å². The lowest BCUT2D eigenvalue weighted by molar-refractivity contribution is 0.433. The monoisotopic (exact) mass is 362 g/mol. The Hall–Kier alpha value is -2.12. The summed E-state index contributed by atoms with van der Waals surface area (Å²) in [5, 5.41) is 3.67. The molecule has 3 aromatic rings. The van der Waals surface area contributed by atoms with E-state index in [1.54, 1.807) is 19.1 Å². The first-order valence-electron chi connectivity index (χ1n) is 7.40. The average Bonchev–Trinajstić information content (AvgIpc) is 3.12. The number of benzene rings is 1. The van der Waals surface area contributed by atoms with E-state index in [4.69, 9.17) is 4.52 Å². The van der Waals surface area contributed by atoms with Crippen molar-refractivity contribution in [1.29, 1.82) is 0 Å². The van der Waals surface area contributed by atoms with Crippen LogP contribution in [0.2, 0.25) is 0 Å². The number of aryl methyl sites for hydroxylation is 4. The van der Waals surface area contributed by atoms with E-state index in [2.05, 4.69) is 9.88 Å². The molecule has 0 amide bonds. The van der Waals surface area contributed by atoms with Gasteiger partial charge in [-0.3, -0.25) is 4.72 Å². The summed E-state index contributed by atoms with van der Waals surface area (Å²) in [7, 11) is -3.67. The zero-order valence-corrected chi connectivity index (χ0v) is 15.5. The Morgan fingerprint density at radius 1 is 1.08 bits per heavy atom. The summed E-state index contributed by atoms with van der Waals surface area (Å²) in [6, 6.07) is 7.27. The Kier molecular flexibility index (Phi) is 4.23. The van der Waals surface area contributed by atoms with Crippen LogP contribution in [0.1, 0.15) is 21.6 Å². The number of hydrogen-bond donors (Lipinski definition) is 1. The maximum atomic E-state index is 12.8. The van der Waals surface area contributed by atoms with Crippen molar-refractivity contribution in [2.45, 2.75) is 32.6 Å². The molecule has 1 N–H and O–H groups in total. The second-order valence-electron chi connectivity index (χ2n) is 5.79. The van der Waals surface area contributed by atoms with Crippen LogP contribution in [-0.2, 0) is 10.0 Å². The molecule has 0 unspecified atom stereocenters. The fourth-order valence-electron chi connectivity index (χ4n) is 2.73. The fourth-order valence-corrected chi connectivity index (χ4v) is 5.48. The predicted octanol–water partition coefficient (Wildman–Crippen LogP) is 4.44. The molecule has 1 aromatic carbocycles. The fraction of sp³-hybridized carbons (Fsp3) is 0.235. The first-order chi connectivity index (χ1) is 11.3. The number of sulfonamides is 1. The van der Waals surface area contributed by atoms with Gasteiger partial charge in [0.05, 0.1) is 16.8 Å². The maximum absolute atomic E-state index is 12.8. The Balaban J connectivity index is 2.00. The van der Waals surface area contributed by atoms with Gasteiger partial charge >= 0.3 is 0 Å². The third-order valence-electron chi connectivity index (χ3n) is 3.76. The molecule has 2 aromatic heterocycles. The third kappa shape index (κ3) is 3.09. The van der Waals surface area contributed by atoms with E-state index in [1.165, 1.54) is 17.5 Å². The van der Waals surface area contributed by atoms with E-state index >= 15 is 0 Å². The molecule has 0 saturated carbocycles. The van der Waals surface area contributed by atoms with Gasteiger partial charge in [0.2, 0.25) is 0 Å². The highest BCUT2D eigenvalue weighted by Crippen LogP contribution is 2.35. The molecule has 0 radical (unpaired) electrons. The summed E-state index contributed by atoms with van der Waals surface area (Å²) >= 11 is 1.37. The molecular weight excluding hydrogens is 344 g/mol. The van der Waals surface area contributed by atoms with Gasteiger partial charge in [0.25, 0.3) is 10.0 Å². The molecule has 0 atom stereocenters. The minimum absolute atomic E-state index is 0.262. The highest BCUT2D eigenvalue weighted by atomic mass is 32.2. The van der Waals surface area contributed by atoms with Gasteiger partial charge in [0.15, 0.2) is 5.76 Å². The normalized spacial score (nSPS) is 11.7. The van der Waals surface area contributed by atoms with Crippen molar-refractivity contribution in [3.8, 4) is 10.6 Å². The molecule has 0 saturated heterocycles. The van der Waals surface area contributed by atoms with Gasteiger partial charge in [-0.2, -0.15) is 0 Å². The molecule has 24 heavy (non-hydrogen) atoms. The zero-order valence-electron chi connectivity index (χ0n) is 13.9. The molecular formula is C17H18N2O3S2. The highest BCUT2D eigenvalue weighted by molar-refractivity contribution is 7.93. The lowest BCUT2D eigenvalue weighted by Crippen LogP contribution is -2.15. The number of hydrogen-bond acceptors (Lipinski definition) is 5. The molecule has 0 spiro atoms. The second kappa shape index (κ2) is 6.07. The molecule has 3 rings (SSSR count). The Bertz CT molecular complexity index is 964. The lowest BCUT2D eigenvalue weighted by Gasteiger charge is -2.14. The molecule has 0 aliphatic rings. The predicted molar refractivity (Wildman–Crippen MR) is 96.0 cm³/mol. The maximum Gasteiger partial charge on any atom is 0.263 e. The van der Waals surface area contributed by atoms with E-state index < -0.39 is 10.0 Å². The molecule has 5 nitrogen and oxygen atoms in total. The zero-order chi connectivity index (χ0) is 17.5. The average molecular weight is 362 g/mol. The highest BCUT2D eigenvalue weighted by Gasteiger charge is 2.23. The van der Waals surface area contributed by atoms with Crippen molar-refractivity contribution in [3.05, 3.63) is 52.0 Å². The van der Waals surface area contributed by atoms with Crippen LogP contribution in [0.5, 0.6) is 0 Å². The van der Waals surface area contributed by atoms with Gasteiger partial charge in [-0.15, -0.1) is 11.3 Å². The van der Waals surface area contributed by atoms with Crippen molar-refractivity contribution in [1.82, 2.24) is 5.16 Å². The Morgan fingerprint density at radius 2 is 1.75 bits per heavy atom. The van der Waals surface area contributed by atoms with E-state index in [-0.39, 0.29) is 4.90 Å². The molecule has 7 heteroatoms. The van der Waals surface area contributed by atoms with E-state index in [0.29, 0.717) is 16.3 Å². The van der Waals surface area contributed by atoms with Gasteiger partial charge in [-0.25, -0.2) is 8.42 Å². The summed E-state index contributed by atoms with van der Waals surface area (Å²) < 4.78 is 33.5. The van der Waals surface area contributed by atoms with E-state index in [0.717, 1.165) is 21.6 Å². The van der Waals surface area contributed by atoms with Crippen LogP contribution in [0, 0.1) is 27.7 Å². The number of rotatable bonds is 4. The summed E-state index contributed by atoms with van der Waals surface area (Å²) in [6.07, 6.45) is 1.54. The lowest BCUT2D eigenvalue weighted by atomic mass is 10.1. The number of nitrogens with zero attached hydrogens (tertiary/aromatic N) is 1. The van der Waals surface area contributed by atoms with Gasteiger partial charge < -0.3 is 4.52 Å². The molecule has 2 heterocycles. The van der Waals surface area contributed by atoms with Gasteiger partial charge in [-0.05, 0) is 44.9 Å². The number of thiophene rings is 1.